The van der Waals surface area contributed by atoms with Gasteiger partial charge in [-0.05, 0) is 26.1 Å². The van der Waals surface area contributed by atoms with Crippen LogP contribution in [0.1, 0.15) is 12.5 Å². The zero-order chi connectivity index (χ0) is 14.4. The second kappa shape index (κ2) is 6.86. The van der Waals surface area contributed by atoms with Gasteiger partial charge in [-0.2, -0.15) is 5.10 Å². The molecule has 0 saturated carbocycles. The summed E-state index contributed by atoms with van der Waals surface area (Å²) in [7, 11) is 1.89. The summed E-state index contributed by atoms with van der Waals surface area (Å²) in [5.41, 5.74) is 2.08. The van der Waals surface area contributed by atoms with Crippen molar-refractivity contribution in [2.45, 2.75) is 13.5 Å². The summed E-state index contributed by atoms with van der Waals surface area (Å²) in [4.78, 5) is 13.3. The number of para-hydroxylation sites is 1. The zero-order valence-electron chi connectivity index (χ0n) is 11.8. The number of carbonyl (C=O) groups is 1. The Morgan fingerprint density at radius 2 is 2.10 bits per heavy atom. The van der Waals surface area contributed by atoms with Crippen LogP contribution in [0.5, 0.6) is 0 Å². The van der Waals surface area contributed by atoms with Crippen LogP contribution >= 0.6 is 0 Å². The number of hydrogen-bond donors (Lipinski definition) is 0. The van der Waals surface area contributed by atoms with Gasteiger partial charge in [-0.1, -0.05) is 18.2 Å². The van der Waals surface area contributed by atoms with Crippen molar-refractivity contribution in [3.05, 3.63) is 48.3 Å². The molecule has 2 rings (SSSR count). The maximum absolute atomic E-state index is 11.4. The molecule has 0 aliphatic heterocycles. The van der Waals surface area contributed by atoms with Gasteiger partial charge in [0.15, 0.2) is 0 Å². The van der Waals surface area contributed by atoms with Crippen molar-refractivity contribution in [1.82, 2.24) is 14.7 Å². The van der Waals surface area contributed by atoms with Crippen LogP contribution in [0.25, 0.3) is 5.69 Å². The molecule has 20 heavy (non-hydrogen) atoms. The Kier molecular flexibility index (Phi) is 4.90. The normalized spacial score (nSPS) is 10.8. The standard InChI is InChI=1S/C15H19N3O2/c1-3-20-15(19)12-17(2)10-13-9-16-18(11-13)14-7-5-4-6-8-14/h4-9,11H,3,10,12H2,1-2H3. The lowest BCUT2D eigenvalue weighted by molar-refractivity contribution is -0.144. The van der Waals surface area contributed by atoms with E-state index in [1.807, 2.05) is 66.3 Å². The molecule has 0 N–H and O–H groups in total. The van der Waals surface area contributed by atoms with Gasteiger partial charge in [-0.15, -0.1) is 0 Å². The molecule has 1 heterocycles. The average molecular weight is 273 g/mol. The van der Waals surface area contributed by atoms with Gasteiger partial charge in [-0.25, -0.2) is 4.68 Å². The number of likely N-dealkylation sites (N-methyl/N-ethyl adjacent to an activating group) is 1. The Morgan fingerprint density at radius 3 is 2.80 bits per heavy atom. The van der Waals surface area contributed by atoms with Crippen LogP contribution in [0, 0.1) is 0 Å². The summed E-state index contributed by atoms with van der Waals surface area (Å²) in [5.74, 6) is -0.203. The number of benzene rings is 1. The van der Waals surface area contributed by atoms with Crippen molar-refractivity contribution in [3.8, 4) is 5.69 Å². The molecule has 0 unspecified atom stereocenters. The molecule has 0 aliphatic rings. The minimum absolute atomic E-state index is 0.203. The van der Waals surface area contributed by atoms with Gasteiger partial charge >= 0.3 is 5.97 Å². The highest BCUT2D eigenvalue weighted by Crippen LogP contribution is 2.09. The van der Waals surface area contributed by atoms with E-state index in [2.05, 4.69) is 5.10 Å². The largest absolute Gasteiger partial charge is 0.465 e. The Hall–Kier alpha value is -2.14. The first kappa shape index (κ1) is 14.3. The van der Waals surface area contributed by atoms with E-state index in [0.717, 1.165) is 11.3 Å². The number of aromatic nitrogens is 2. The van der Waals surface area contributed by atoms with Crippen molar-refractivity contribution in [3.63, 3.8) is 0 Å². The van der Waals surface area contributed by atoms with E-state index in [-0.39, 0.29) is 12.5 Å². The quantitative estimate of drug-likeness (QED) is 0.754. The van der Waals surface area contributed by atoms with Crippen LogP contribution in [0.2, 0.25) is 0 Å². The van der Waals surface area contributed by atoms with Gasteiger partial charge in [0.2, 0.25) is 0 Å². The van der Waals surface area contributed by atoms with E-state index in [1.54, 1.807) is 0 Å². The highest BCUT2D eigenvalue weighted by Gasteiger charge is 2.09. The average Bonchev–Trinajstić information content (AvgIpc) is 2.88. The Morgan fingerprint density at radius 1 is 1.35 bits per heavy atom. The summed E-state index contributed by atoms with van der Waals surface area (Å²) in [6.07, 6.45) is 3.78. The molecule has 1 aromatic carbocycles. The van der Waals surface area contributed by atoms with Gasteiger partial charge in [0.05, 0.1) is 25.0 Å². The third-order valence-electron chi connectivity index (χ3n) is 2.81. The lowest BCUT2D eigenvalue weighted by Gasteiger charge is -2.14. The first-order valence-corrected chi connectivity index (χ1v) is 6.62. The van der Waals surface area contributed by atoms with Gasteiger partial charge in [0.1, 0.15) is 0 Å². The van der Waals surface area contributed by atoms with Gasteiger partial charge < -0.3 is 4.74 Å². The third kappa shape index (κ3) is 3.93. The van der Waals surface area contributed by atoms with Crippen LogP contribution in [0.3, 0.4) is 0 Å². The van der Waals surface area contributed by atoms with E-state index in [4.69, 9.17) is 4.74 Å². The second-order valence-electron chi connectivity index (χ2n) is 4.61. The Balaban J connectivity index is 1.94. The van der Waals surface area contributed by atoms with Gasteiger partial charge in [0, 0.05) is 18.3 Å². The highest BCUT2D eigenvalue weighted by atomic mass is 16.5. The van der Waals surface area contributed by atoms with E-state index < -0.39 is 0 Å². The number of carbonyl (C=O) groups excluding carboxylic acids is 1. The van der Waals surface area contributed by atoms with E-state index >= 15 is 0 Å². The van der Waals surface area contributed by atoms with Crippen LogP contribution < -0.4 is 0 Å². The van der Waals surface area contributed by atoms with Crippen LogP contribution in [-0.2, 0) is 16.1 Å². The lowest BCUT2D eigenvalue weighted by atomic mass is 10.3. The molecule has 0 bridgehead atoms. The second-order valence-corrected chi connectivity index (χ2v) is 4.61. The summed E-state index contributed by atoms with van der Waals surface area (Å²) >= 11 is 0. The van der Waals surface area contributed by atoms with E-state index in [9.17, 15) is 4.79 Å². The lowest BCUT2D eigenvalue weighted by Crippen LogP contribution is -2.26. The Bertz CT molecular complexity index is 551. The molecule has 106 valence electrons. The van der Waals surface area contributed by atoms with Crippen LogP contribution in [-0.4, -0.2) is 40.8 Å². The van der Waals surface area contributed by atoms with Gasteiger partial charge in [-0.3, -0.25) is 9.69 Å². The Labute approximate surface area is 118 Å². The number of ether oxygens (including phenoxy) is 1. The molecule has 0 radical (unpaired) electrons. The van der Waals surface area contributed by atoms with Crippen molar-refractivity contribution in [1.29, 1.82) is 0 Å². The molecular formula is C15H19N3O2. The van der Waals surface area contributed by atoms with Crippen LogP contribution in [0.4, 0.5) is 0 Å². The maximum Gasteiger partial charge on any atom is 0.320 e. The van der Waals surface area contributed by atoms with Crippen molar-refractivity contribution in [2.75, 3.05) is 20.2 Å². The first-order valence-electron chi connectivity index (χ1n) is 6.62. The van der Waals surface area contributed by atoms with Crippen LogP contribution in [0.15, 0.2) is 42.7 Å². The van der Waals surface area contributed by atoms with Gasteiger partial charge in [0.25, 0.3) is 0 Å². The predicted octanol–water partition coefficient (Wildman–Crippen LogP) is 1.87. The molecule has 0 amide bonds. The molecule has 0 saturated heterocycles. The summed E-state index contributed by atoms with van der Waals surface area (Å²) < 4.78 is 6.75. The number of rotatable bonds is 6. The molecule has 0 atom stereocenters. The molecule has 0 spiro atoms. The predicted molar refractivity (Wildman–Crippen MR) is 76.5 cm³/mol. The monoisotopic (exact) mass is 273 g/mol. The first-order chi connectivity index (χ1) is 9.69. The molecule has 5 heteroatoms. The molecule has 5 nitrogen and oxygen atoms in total. The van der Waals surface area contributed by atoms with E-state index in [1.165, 1.54) is 0 Å². The molecule has 2 aromatic rings. The zero-order valence-corrected chi connectivity index (χ0v) is 11.8. The van der Waals surface area contributed by atoms with Crippen molar-refractivity contribution >= 4 is 5.97 Å². The maximum atomic E-state index is 11.4. The number of nitrogens with zero attached hydrogens (tertiary/aromatic N) is 3. The SMILES string of the molecule is CCOC(=O)CN(C)Cc1cnn(-c2ccccc2)c1. The molecule has 0 fully saturated rings. The summed E-state index contributed by atoms with van der Waals surface area (Å²) in [5, 5.41) is 4.33. The van der Waals surface area contributed by atoms with Crippen molar-refractivity contribution < 1.29 is 9.53 Å². The highest BCUT2D eigenvalue weighted by molar-refractivity contribution is 5.71. The third-order valence-corrected chi connectivity index (χ3v) is 2.81. The number of hydrogen-bond acceptors (Lipinski definition) is 4. The van der Waals surface area contributed by atoms with Crippen molar-refractivity contribution in [2.24, 2.45) is 0 Å². The summed E-state index contributed by atoms with van der Waals surface area (Å²) in [6.45, 7) is 3.16. The fraction of sp³-hybridized carbons (Fsp3) is 0.333. The summed E-state index contributed by atoms with van der Waals surface area (Å²) in [6, 6.07) is 9.92. The number of esters is 1. The minimum Gasteiger partial charge on any atom is -0.465 e. The minimum atomic E-state index is -0.203. The fourth-order valence-electron chi connectivity index (χ4n) is 1.96. The smallest absolute Gasteiger partial charge is 0.320 e. The fourth-order valence-corrected chi connectivity index (χ4v) is 1.96. The van der Waals surface area contributed by atoms with E-state index in [0.29, 0.717) is 13.2 Å². The molecular weight excluding hydrogens is 254 g/mol. The molecule has 0 aliphatic carbocycles. The topological polar surface area (TPSA) is 47.4 Å². The molecule has 1 aromatic heterocycles.